The Morgan fingerprint density at radius 1 is 0.963 bits per heavy atom. The van der Waals surface area contributed by atoms with Gasteiger partial charge in [-0.15, -0.1) is 0 Å². The zero-order valence-electron chi connectivity index (χ0n) is 15.1. The Balaban J connectivity index is 0.000000821. The van der Waals surface area contributed by atoms with Crippen LogP contribution in [0.15, 0.2) is 5.16 Å². The third kappa shape index (κ3) is 9.17. The maximum absolute atomic E-state index is 11.9. The third-order valence-electron chi connectivity index (χ3n) is 2.57. The van der Waals surface area contributed by atoms with E-state index in [0.717, 1.165) is 9.80 Å². The second kappa shape index (κ2) is 6.94. The van der Waals surface area contributed by atoms with Crippen LogP contribution in [0.1, 0.15) is 0 Å². The summed E-state index contributed by atoms with van der Waals surface area (Å²) in [6, 6.07) is -0.372. The average Bonchev–Trinajstić information content (AvgIpc) is 2.42. The number of halogens is 6. The number of barbiturate groups is 1. The van der Waals surface area contributed by atoms with Gasteiger partial charge in [0.2, 0.25) is 5.71 Å². The molecule has 9 nitrogen and oxygen atoms in total. The van der Waals surface area contributed by atoms with Gasteiger partial charge in [-0.3, -0.25) is 24.2 Å². The van der Waals surface area contributed by atoms with Crippen molar-refractivity contribution in [1.82, 2.24) is 14.7 Å². The average molecular weight is 429 g/mol. The molecule has 0 N–H and O–H groups in total. The summed E-state index contributed by atoms with van der Waals surface area (Å²) in [4.78, 5) is 43.6. The number of nitrogens with zero attached hydrogens (tertiary/aromatic N) is 5. The number of hydrogen-bond donors (Lipinski definition) is 0. The monoisotopic (exact) mass is 429 g/mol. The van der Waals surface area contributed by atoms with Crippen molar-refractivity contribution < 1.29 is 49.0 Å². The van der Waals surface area contributed by atoms with E-state index in [9.17, 15) is 39.6 Å². The normalized spacial score (nSPS) is 17.5. The predicted molar refractivity (Wildman–Crippen MR) is 83.8 cm³/mol. The van der Waals surface area contributed by atoms with E-state index in [-0.39, 0.29) is 0 Å². The molecule has 0 aliphatic carbocycles. The maximum atomic E-state index is 11.9. The van der Waals surface area contributed by atoms with E-state index in [1.165, 1.54) is 14.1 Å². The number of hydrogen-bond acceptors (Lipinski definition) is 5. The number of imide groups is 2. The molecule has 0 aromatic carbocycles. The second-order valence-electron chi connectivity index (χ2n) is 5.57. The number of amides is 4. The summed E-state index contributed by atoms with van der Waals surface area (Å²) in [5.41, 5.74) is -0.448. The quantitative estimate of drug-likeness (QED) is 0.159. The molecule has 0 spiro atoms. The summed E-state index contributed by atoms with van der Waals surface area (Å²) >= 11 is 0. The van der Waals surface area contributed by atoms with Crippen molar-refractivity contribution in [3.05, 3.63) is 0 Å². The molecule has 1 heterocycles. The van der Waals surface area contributed by atoms with Crippen LogP contribution in [-0.2, 0) is 14.4 Å². The van der Waals surface area contributed by atoms with Crippen molar-refractivity contribution in [2.24, 2.45) is 5.16 Å². The van der Waals surface area contributed by atoms with E-state index in [1.807, 2.05) is 0 Å². The van der Waals surface area contributed by atoms with Crippen LogP contribution >= 0.6 is 7.81 Å². The fourth-order valence-corrected chi connectivity index (χ4v) is 1.54. The van der Waals surface area contributed by atoms with Crippen LogP contribution < -0.4 is 0 Å². The molecule has 1 aliphatic heterocycles. The molecule has 0 bridgehead atoms. The molecule has 0 saturated carbocycles. The van der Waals surface area contributed by atoms with Crippen LogP contribution in [0.4, 0.5) is 30.0 Å². The predicted octanol–water partition coefficient (Wildman–Crippen LogP) is 1.98. The number of carbonyl (C=O) groups excluding carboxylic acids is 3. The van der Waals surface area contributed by atoms with Crippen LogP contribution in [0, 0.1) is 0 Å². The molecule has 0 radical (unpaired) electrons. The Bertz CT molecular complexity index is 677. The van der Waals surface area contributed by atoms with Gasteiger partial charge in [-0.05, 0) is 0 Å². The zero-order valence-corrected chi connectivity index (χ0v) is 16.0. The van der Waals surface area contributed by atoms with Crippen molar-refractivity contribution in [2.45, 2.75) is 0 Å². The van der Waals surface area contributed by atoms with E-state index in [2.05, 4.69) is 5.16 Å². The van der Waals surface area contributed by atoms with Crippen molar-refractivity contribution in [3.8, 4) is 0 Å². The van der Waals surface area contributed by atoms with Gasteiger partial charge in [0.15, 0.2) is 0 Å². The van der Waals surface area contributed by atoms with Gasteiger partial charge in [0.05, 0.1) is 28.2 Å². The molecule has 0 atom stereocenters. The van der Waals surface area contributed by atoms with Gasteiger partial charge < -0.3 is 0 Å². The first-order valence-electron chi connectivity index (χ1n) is 6.76. The van der Waals surface area contributed by atoms with Gasteiger partial charge in [0.25, 0.3) is 11.8 Å². The Hall–Kier alpha value is -2.44. The van der Waals surface area contributed by atoms with Crippen LogP contribution in [0.5, 0.6) is 0 Å². The molecule has 16 heteroatoms. The van der Waals surface area contributed by atoms with E-state index >= 15 is 0 Å². The molecule has 0 unspecified atom stereocenters. The van der Waals surface area contributed by atoms with Crippen LogP contribution in [0.2, 0.25) is 0 Å². The molecule has 1 aliphatic rings. The molecule has 0 aromatic rings. The summed E-state index contributed by atoms with van der Waals surface area (Å²) in [6.45, 7) is 0. The summed E-state index contributed by atoms with van der Waals surface area (Å²) < 4.78 is 60.8. The minimum atomic E-state index is -10.7. The van der Waals surface area contributed by atoms with E-state index in [0.29, 0.717) is 6.02 Å². The number of rotatable bonds is 1. The van der Waals surface area contributed by atoms with E-state index in [1.54, 1.807) is 37.7 Å². The molecule has 0 aromatic heterocycles. The first kappa shape index (κ1) is 24.6. The van der Waals surface area contributed by atoms with Crippen molar-refractivity contribution in [2.75, 3.05) is 42.3 Å². The topological polar surface area (TPSA) is 85.5 Å². The third-order valence-corrected chi connectivity index (χ3v) is 2.57. The molecular weight excluding hydrogens is 411 g/mol. The van der Waals surface area contributed by atoms with Crippen molar-refractivity contribution in [3.63, 3.8) is 0 Å². The molecule has 27 heavy (non-hydrogen) atoms. The summed E-state index contributed by atoms with van der Waals surface area (Å²) in [6.07, 6.45) is 0. The van der Waals surface area contributed by atoms with Crippen molar-refractivity contribution in [1.29, 1.82) is 0 Å². The van der Waals surface area contributed by atoms with Crippen LogP contribution in [0.3, 0.4) is 0 Å². The molecule has 1 fully saturated rings. The Morgan fingerprint density at radius 2 is 1.30 bits per heavy atom. The summed E-state index contributed by atoms with van der Waals surface area (Å²) in [5.74, 6) is -1.59. The molecule has 1 rings (SSSR count). The Kier molecular flexibility index (Phi) is 6.31. The van der Waals surface area contributed by atoms with E-state index < -0.39 is 31.4 Å². The molecule has 158 valence electrons. The second-order valence-corrected chi connectivity index (χ2v) is 7.49. The summed E-state index contributed by atoms with van der Waals surface area (Å²) in [5, 5.41) is 3.58. The SMILES string of the molecule is CN(C)C(ON=C1C(=O)N(C)C(=O)N(C)C1=O)=[N+](C)C.F[P-](F)(F)(F)(F)F. The van der Waals surface area contributed by atoms with Gasteiger partial charge in [-0.25, -0.2) is 14.3 Å². The van der Waals surface area contributed by atoms with Crippen LogP contribution in [0.25, 0.3) is 0 Å². The zero-order chi connectivity index (χ0) is 22.0. The molecule has 1 saturated heterocycles. The Labute approximate surface area is 149 Å². The standard InChI is InChI=1S/C11H18N5O4.F6P/c1-13(2)11(14(3)4)20-12-7-8(17)15(5)10(19)16(6)9(7)18;1-7(2,3,4,5)6/h1-6H3;/q+1;-1. The van der Waals surface area contributed by atoms with Gasteiger partial charge in [0, 0.05) is 14.1 Å². The van der Waals surface area contributed by atoms with Gasteiger partial charge in [-0.1, -0.05) is 5.16 Å². The summed E-state index contributed by atoms with van der Waals surface area (Å²) in [7, 11) is -1.22. The Morgan fingerprint density at radius 3 is 1.56 bits per heavy atom. The first-order valence-corrected chi connectivity index (χ1v) is 8.79. The fourth-order valence-electron chi connectivity index (χ4n) is 1.54. The fraction of sp³-hybridized carbons (Fsp3) is 0.545. The first-order chi connectivity index (χ1) is 11.6. The van der Waals surface area contributed by atoms with Gasteiger partial charge in [-0.2, -0.15) is 0 Å². The minimum absolute atomic E-state index is 0.334. The van der Waals surface area contributed by atoms with Crippen LogP contribution in [-0.4, -0.2) is 91.1 Å². The molecular formula is C11H18F6N5O4P. The number of carbonyl (C=O) groups is 3. The molecule has 4 amide bonds. The van der Waals surface area contributed by atoms with Crippen molar-refractivity contribution >= 4 is 37.4 Å². The number of amidine groups is 1. The van der Waals surface area contributed by atoms with E-state index in [4.69, 9.17) is 4.84 Å². The number of oxime groups is 1. The number of urea groups is 1. The van der Waals surface area contributed by atoms with Gasteiger partial charge in [0.1, 0.15) is 0 Å². The van der Waals surface area contributed by atoms with Gasteiger partial charge >= 0.3 is 45.0 Å².